The second-order valence-electron chi connectivity index (χ2n) is 9.86. The van der Waals surface area contributed by atoms with E-state index >= 15 is 0 Å². The van der Waals surface area contributed by atoms with Gasteiger partial charge in [-0.25, -0.2) is 0 Å². The monoisotopic (exact) mass is 503 g/mol. The molecule has 0 aromatic heterocycles. The number of carbonyl (C=O) groups excluding carboxylic acids is 1. The van der Waals surface area contributed by atoms with Gasteiger partial charge in [0, 0.05) is 6.42 Å². The van der Waals surface area contributed by atoms with Crippen LogP contribution in [0.2, 0.25) is 0 Å². The molecular formula is C27H56BrN2O+. The van der Waals surface area contributed by atoms with E-state index in [1.165, 1.54) is 103 Å². The zero-order valence-electron chi connectivity index (χ0n) is 21.4. The molecule has 0 radical (unpaired) electrons. The van der Waals surface area contributed by atoms with E-state index in [0.717, 1.165) is 30.4 Å². The van der Waals surface area contributed by atoms with Crippen LogP contribution in [0, 0.1) is 0 Å². The van der Waals surface area contributed by atoms with E-state index in [1.807, 2.05) is 6.08 Å². The third-order valence-corrected chi connectivity index (χ3v) is 6.22. The van der Waals surface area contributed by atoms with Crippen LogP contribution in [-0.2, 0) is 4.79 Å². The first-order chi connectivity index (χ1) is 14.5. The van der Waals surface area contributed by atoms with E-state index in [4.69, 9.17) is 0 Å². The van der Waals surface area contributed by atoms with E-state index in [2.05, 4.69) is 32.9 Å². The van der Waals surface area contributed by atoms with Crippen LogP contribution >= 0.6 is 17.0 Å². The van der Waals surface area contributed by atoms with Crippen molar-refractivity contribution in [1.29, 1.82) is 0 Å². The fourth-order valence-corrected chi connectivity index (χ4v) is 4.01. The number of carbonyl (C=O) groups is 1. The molecule has 0 aromatic rings. The summed E-state index contributed by atoms with van der Waals surface area (Å²) in [5.41, 5.74) is 0. The Morgan fingerprint density at radius 2 is 1.23 bits per heavy atom. The molecule has 4 heteroatoms. The Labute approximate surface area is 206 Å². The molecule has 0 atom stereocenters. The highest BCUT2D eigenvalue weighted by atomic mass is 79.9. The molecule has 186 valence electrons. The molecule has 0 aromatic carbocycles. The highest BCUT2D eigenvalue weighted by Crippen LogP contribution is 2.12. The molecule has 0 aliphatic carbocycles. The molecule has 0 bridgehead atoms. The van der Waals surface area contributed by atoms with Crippen LogP contribution in [0.4, 0.5) is 0 Å². The van der Waals surface area contributed by atoms with E-state index in [1.54, 1.807) is 0 Å². The minimum atomic E-state index is 0. The van der Waals surface area contributed by atoms with Crippen molar-refractivity contribution < 1.29 is 9.28 Å². The summed E-state index contributed by atoms with van der Waals surface area (Å²) in [6.07, 6.45) is 25.1. The fourth-order valence-electron chi connectivity index (χ4n) is 4.01. The predicted octanol–water partition coefficient (Wildman–Crippen LogP) is 7.98. The lowest BCUT2D eigenvalue weighted by Gasteiger charge is -2.30. The molecule has 3 nitrogen and oxygen atoms in total. The van der Waals surface area contributed by atoms with E-state index < -0.39 is 0 Å². The van der Waals surface area contributed by atoms with E-state index in [0.29, 0.717) is 6.42 Å². The van der Waals surface area contributed by atoms with Crippen molar-refractivity contribution in [2.75, 3.05) is 33.7 Å². The number of likely N-dealkylation sites (N-methyl/N-ethyl adjacent to an activating group) is 1. The third kappa shape index (κ3) is 25.8. The SMILES string of the molecule is Br.C=CCCCCCCCCC(=O)NCC[N+](C)(C)CCCCCCCCCCCC. The van der Waals surface area contributed by atoms with E-state index in [-0.39, 0.29) is 22.9 Å². The number of nitrogens with one attached hydrogen (secondary N) is 1. The van der Waals surface area contributed by atoms with Crippen molar-refractivity contribution in [3.8, 4) is 0 Å². The highest BCUT2D eigenvalue weighted by molar-refractivity contribution is 8.93. The summed E-state index contributed by atoms with van der Waals surface area (Å²) in [7, 11) is 4.60. The topological polar surface area (TPSA) is 29.1 Å². The van der Waals surface area contributed by atoms with Crippen molar-refractivity contribution >= 4 is 22.9 Å². The van der Waals surface area contributed by atoms with Crippen LogP contribution < -0.4 is 5.32 Å². The Balaban J connectivity index is 0. The lowest BCUT2D eigenvalue weighted by Crippen LogP contribution is -2.45. The van der Waals surface area contributed by atoms with Crippen LogP contribution in [0.3, 0.4) is 0 Å². The molecule has 31 heavy (non-hydrogen) atoms. The Bertz CT molecular complexity index is 399. The van der Waals surface area contributed by atoms with Crippen molar-refractivity contribution in [3.05, 3.63) is 12.7 Å². The second kappa shape index (κ2) is 24.3. The number of allylic oxidation sites excluding steroid dienone is 1. The summed E-state index contributed by atoms with van der Waals surface area (Å²) >= 11 is 0. The largest absolute Gasteiger partial charge is 0.350 e. The second-order valence-corrected chi connectivity index (χ2v) is 9.86. The summed E-state index contributed by atoms with van der Waals surface area (Å²) in [6, 6.07) is 0. The van der Waals surface area contributed by atoms with Crippen LogP contribution in [0.1, 0.15) is 122 Å². The van der Waals surface area contributed by atoms with Crippen molar-refractivity contribution in [3.63, 3.8) is 0 Å². The summed E-state index contributed by atoms with van der Waals surface area (Å²) in [5.74, 6) is 0.237. The summed E-state index contributed by atoms with van der Waals surface area (Å²) in [5, 5.41) is 3.13. The number of hydrogen-bond donors (Lipinski definition) is 1. The van der Waals surface area contributed by atoms with Gasteiger partial charge in [-0.05, 0) is 32.1 Å². The van der Waals surface area contributed by atoms with Crippen molar-refractivity contribution in [2.24, 2.45) is 0 Å². The minimum absolute atomic E-state index is 0. The Morgan fingerprint density at radius 3 is 1.77 bits per heavy atom. The maximum absolute atomic E-state index is 12.0. The molecular weight excluding hydrogens is 448 g/mol. The number of amides is 1. The van der Waals surface area contributed by atoms with Gasteiger partial charge >= 0.3 is 0 Å². The number of halogens is 1. The maximum atomic E-state index is 12.0. The van der Waals surface area contributed by atoms with Gasteiger partial charge in [0.2, 0.25) is 5.91 Å². The molecule has 0 spiro atoms. The summed E-state index contributed by atoms with van der Waals surface area (Å²) in [4.78, 5) is 12.0. The normalized spacial score (nSPS) is 11.2. The standard InChI is InChI=1S/C27H54N2O.BrH/c1-5-7-9-11-13-15-16-18-20-22-25-29(3,4)26-24-28-27(30)23-21-19-17-14-12-10-8-6-2;/h6H,2,5,7-26H2,1,3-4H3;1H/p+1. The molecule has 0 rings (SSSR count). The lowest BCUT2D eigenvalue weighted by molar-refractivity contribution is -0.889. The van der Waals surface area contributed by atoms with Crippen molar-refractivity contribution in [2.45, 2.75) is 122 Å². The highest BCUT2D eigenvalue weighted by Gasteiger charge is 2.14. The molecule has 0 fully saturated rings. The summed E-state index contributed by atoms with van der Waals surface area (Å²) in [6.45, 7) is 9.11. The average molecular weight is 505 g/mol. The molecule has 0 aliphatic heterocycles. The van der Waals surface area contributed by atoms with Gasteiger partial charge in [-0.3, -0.25) is 4.79 Å². The maximum Gasteiger partial charge on any atom is 0.220 e. The number of unbranched alkanes of at least 4 members (excludes halogenated alkanes) is 15. The first-order valence-electron chi connectivity index (χ1n) is 13.2. The quantitative estimate of drug-likeness (QED) is 0.0853. The smallest absolute Gasteiger partial charge is 0.220 e. The summed E-state index contributed by atoms with van der Waals surface area (Å²) < 4.78 is 1.02. The number of quaternary nitrogens is 1. The van der Waals surface area contributed by atoms with Gasteiger partial charge in [0.05, 0.1) is 33.7 Å². The Kier molecular flexibility index (Phi) is 25.7. The molecule has 0 aliphatic rings. The average Bonchev–Trinajstić information content (AvgIpc) is 2.71. The lowest BCUT2D eigenvalue weighted by atomic mass is 10.1. The third-order valence-electron chi connectivity index (χ3n) is 6.22. The van der Waals surface area contributed by atoms with Gasteiger partial charge in [0.15, 0.2) is 0 Å². The van der Waals surface area contributed by atoms with E-state index in [9.17, 15) is 4.79 Å². The van der Waals surface area contributed by atoms with Gasteiger partial charge in [-0.1, -0.05) is 90.0 Å². The zero-order chi connectivity index (χ0) is 22.3. The number of nitrogens with zero attached hydrogens (tertiary/aromatic N) is 1. The van der Waals surface area contributed by atoms with Crippen LogP contribution in [0.25, 0.3) is 0 Å². The van der Waals surface area contributed by atoms with Gasteiger partial charge in [0.1, 0.15) is 0 Å². The van der Waals surface area contributed by atoms with Crippen LogP contribution in [0.15, 0.2) is 12.7 Å². The molecule has 0 saturated carbocycles. The van der Waals surface area contributed by atoms with Gasteiger partial charge < -0.3 is 9.80 Å². The molecule has 1 N–H and O–H groups in total. The van der Waals surface area contributed by atoms with Crippen LogP contribution in [0.5, 0.6) is 0 Å². The zero-order valence-corrected chi connectivity index (χ0v) is 23.1. The fraction of sp³-hybridized carbons (Fsp3) is 0.889. The Morgan fingerprint density at radius 1 is 0.742 bits per heavy atom. The molecule has 0 saturated heterocycles. The molecule has 0 unspecified atom stereocenters. The minimum Gasteiger partial charge on any atom is -0.350 e. The Hall–Kier alpha value is -0.350. The first-order valence-corrected chi connectivity index (χ1v) is 13.2. The van der Waals surface area contributed by atoms with Gasteiger partial charge in [0.25, 0.3) is 0 Å². The molecule has 1 amide bonds. The number of hydrogen-bond acceptors (Lipinski definition) is 1. The number of rotatable bonds is 23. The van der Waals surface area contributed by atoms with Gasteiger partial charge in [-0.2, -0.15) is 0 Å². The molecule has 0 heterocycles. The van der Waals surface area contributed by atoms with Gasteiger partial charge in [-0.15, -0.1) is 23.6 Å². The first kappa shape index (κ1) is 32.8. The van der Waals surface area contributed by atoms with Crippen LogP contribution in [-0.4, -0.2) is 44.1 Å². The predicted molar refractivity (Wildman–Crippen MR) is 144 cm³/mol. The van der Waals surface area contributed by atoms with Crippen molar-refractivity contribution in [1.82, 2.24) is 5.32 Å².